The molecule has 0 radical (unpaired) electrons. The first-order chi connectivity index (χ1) is 7.24. The average molecular weight is 212 g/mol. The molecule has 0 spiro atoms. The SMILES string of the molecule is COCCCC(N)C(=O)Nc1ncc[nH]1. The largest absolute Gasteiger partial charge is 0.385 e. The van der Waals surface area contributed by atoms with Gasteiger partial charge >= 0.3 is 0 Å². The van der Waals surface area contributed by atoms with Gasteiger partial charge in [-0.2, -0.15) is 0 Å². The van der Waals surface area contributed by atoms with Gasteiger partial charge < -0.3 is 15.5 Å². The number of hydrogen-bond donors (Lipinski definition) is 3. The molecule has 0 aliphatic carbocycles. The van der Waals surface area contributed by atoms with Gasteiger partial charge in [0, 0.05) is 26.1 Å². The van der Waals surface area contributed by atoms with Crippen molar-refractivity contribution in [3.05, 3.63) is 12.4 Å². The molecule has 1 aromatic rings. The number of imidazole rings is 1. The summed E-state index contributed by atoms with van der Waals surface area (Å²) >= 11 is 0. The number of anilines is 1. The lowest BCUT2D eigenvalue weighted by atomic mass is 10.1. The van der Waals surface area contributed by atoms with Gasteiger partial charge in [-0.15, -0.1) is 0 Å². The Hall–Kier alpha value is -1.40. The molecular formula is C9H16N4O2. The number of aromatic amines is 1. The molecule has 15 heavy (non-hydrogen) atoms. The number of nitrogens with two attached hydrogens (primary N) is 1. The van der Waals surface area contributed by atoms with Crippen LogP contribution in [0.3, 0.4) is 0 Å². The molecule has 4 N–H and O–H groups in total. The highest BCUT2D eigenvalue weighted by Crippen LogP contribution is 2.00. The van der Waals surface area contributed by atoms with Crippen LogP contribution in [0.1, 0.15) is 12.8 Å². The third-order valence-electron chi connectivity index (χ3n) is 1.94. The zero-order valence-corrected chi connectivity index (χ0v) is 8.69. The Balaban J connectivity index is 2.27. The minimum atomic E-state index is -0.523. The lowest BCUT2D eigenvalue weighted by Gasteiger charge is -2.09. The van der Waals surface area contributed by atoms with Crippen molar-refractivity contribution in [2.45, 2.75) is 18.9 Å². The van der Waals surface area contributed by atoms with Gasteiger partial charge in [0.25, 0.3) is 0 Å². The second-order valence-corrected chi connectivity index (χ2v) is 3.17. The van der Waals surface area contributed by atoms with Crippen molar-refractivity contribution in [2.24, 2.45) is 5.73 Å². The van der Waals surface area contributed by atoms with Gasteiger partial charge in [-0.05, 0) is 12.8 Å². The summed E-state index contributed by atoms with van der Waals surface area (Å²) in [5.41, 5.74) is 5.67. The summed E-state index contributed by atoms with van der Waals surface area (Å²) in [5.74, 6) is 0.184. The number of aromatic nitrogens is 2. The quantitative estimate of drug-likeness (QED) is 0.583. The predicted octanol–water partition coefficient (Wildman–Crippen LogP) is 0.102. The summed E-state index contributed by atoms with van der Waals surface area (Å²) in [6.45, 7) is 0.613. The number of H-pyrrole nitrogens is 1. The Labute approximate surface area is 88.2 Å². The first-order valence-electron chi connectivity index (χ1n) is 4.79. The molecule has 1 heterocycles. The first-order valence-corrected chi connectivity index (χ1v) is 4.79. The van der Waals surface area contributed by atoms with Crippen molar-refractivity contribution < 1.29 is 9.53 Å². The van der Waals surface area contributed by atoms with E-state index in [-0.39, 0.29) is 5.91 Å². The number of nitrogens with zero attached hydrogens (tertiary/aromatic N) is 1. The van der Waals surface area contributed by atoms with E-state index in [1.54, 1.807) is 19.5 Å². The number of ether oxygens (including phenoxy) is 1. The van der Waals surface area contributed by atoms with Gasteiger partial charge in [0.15, 0.2) is 0 Å². The van der Waals surface area contributed by atoms with Gasteiger partial charge in [-0.25, -0.2) is 4.98 Å². The minimum absolute atomic E-state index is 0.235. The van der Waals surface area contributed by atoms with Crippen LogP contribution in [0.2, 0.25) is 0 Å². The van der Waals surface area contributed by atoms with Gasteiger partial charge in [0.2, 0.25) is 11.9 Å². The molecule has 0 saturated heterocycles. The number of rotatable bonds is 6. The van der Waals surface area contributed by atoms with E-state index in [0.29, 0.717) is 19.0 Å². The molecule has 84 valence electrons. The maximum Gasteiger partial charge on any atom is 0.243 e. The fraction of sp³-hybridized carbons (Fsp3) is 0.556. The van der Waals surface area contributed by atoms with E-state index in [1.807, 2.05) is 0 Å². The zero-order valence-electron chi connectivity index (χ0n) is 8.69. The van der Waals surface area contributed by atoms with Crippen LogP contribution in [0.15, 0.2) is 12.4 Å². The Bertz CT molecular complexity index is 286. The monoisotopic (exact) mass is 212 g/mol. The van der Waals surface area contributed by atoms with Crippen molar-refractivity contribution in [2.75, 3.05) is 19.0 Å². The van der Waals surface area contributed by atoms with Crippen LogP contribution in [-0.2, 0) is 9.53 Å². The van der Waals surface area contributed by atoms with Crippen molar-refractivity contribution in [3.8, 4) is 0 Å². The van der Waals surface area contributed by atoms with E-state index >= 15 is 0 Å². The topological polar surface area (TPSA) is 93.0 Å². The molecule has 0 fully saturated rings. The molecule has 0 saturated carbocycles. The van der Waals surface area contributed by atoms with Crippen LogP contribution < -0.4 is 11.1 Å². The Morgan fingerprint density at radius 3 is 3.20 bits per heavy atom. The van der Waals surface area contributed by atoms with Gasteiger partial charge in [0.1, 0.15) is 0 Å². The van der Waals surface area contributed by atoms with Crippen molar-refractivity contribution in [1.82, 2.24) is 9.97 Å². The van der Waals surface area contributed by atoms with Crippen LogP contribution in [0.4, 0.5) is 5.95 Å². The molecule has 1 rings (SSSR count). The van der Waals surface area contributed by atoms with Crippen molar-refractivity contribution in [3.63, 3.8) is 0 Å². The van der Waals surface area contributed by atoms with Crippen LogP contribution in [0, 0.1) is 0 Å². The maximum absolute atomic E-state index is 11.5. The Morgan fingerprint density at radius 1 is 1.80 bits per heavy atom. The van der Waals surface area contributed by atoms with Crippen molar-refractivity contribution in [1.29, 1.82) is 0 Å². The highest BCUT2D eigenvalue weighted by atomic mass is 16.5. The third-order valence-corrected chi connectivity index (χ3v) is 1.94. The molecule has 0 aliphatic heterocycles. The average Bonchev–Trinajstić information content (AvgIpc) is 2.70. The van der Waals surface area contributed by atoms with E-state index in [0.717, 1.165) is 6.42 Å². The standard InChI is InChI=1S/C9H16N4O2/c1-15-6-2-3-7(10)8(14)13-9-11-4-5-12-9/h4-5,7H,2-3,6,10H2,1H3,(H2,11,12,13,14). The summed E-state index contributed by atoms with van der Waals surface area (Å²) < 4.78 is 4.87. The number of amides is 1. The molecular weight excluding hydrogens is 196 g/mol. The predicted molar refractivity (Wildman–Crippen MR) is 56.3 cm³/mol. The molecule has 6 heteroatoms. The Kier molecular flexibility index (Phi) is 4.79. The van der Waals surface area contributed by atoms with E-state index < -0.39 is 6.04 Å². The van der Waals surface area contributed by atoms with Crippen molar-refractivity contribution >= 4 is 11.9 Å². The fourth-order valence-electron chi connectivity index (χ4n) is 1.12. The van der Waals surface area contributed by atoms with Gasteiger partial charge in [0.05, 0.1) is 6.04 Å². The van der Waals surface area contributed by atoms with E-state index in [2.05, 4.69) is 15.3 Å². The number of carbonyl (C=O) groups is 1. The van der Waals surface area contributed by atoms with E-state index in [4.69, 9.17) is 10.5 Å². The fourth-order valence-corrected chi connectivity index (χ4v) is 1.12. The second-order valence-electron chi connectivity index (χ2n) is 3.17. The molecule has 6 nitrogen and oxygen atoms in total. The van der Waals surface area contributed by atoms with Crippen LogP contribution in [-0.4, -0.2) is 35.6 Å². The van der Waals surface area contributed by atoms with Crippen LogP contribution in [0.5, 0.6) is 0 Å². The van der Waals surface area contributed by atoms with E-state index in [1.165, 1.54) is 0 Å². The molecule has 1 aromatic heterocycles. The van der Waals surface area contributed by atoms with Gasteiger partial charge in [-0.1, -0.05) is 0 Å². The lowest BCUT2D eigenvalue weighted by Crippen LogP contribution is -2.36. The van der Waals surface area contributed by atoms with Crippen LogP contribution in [0.25, 0.3) is 0 Å². The maximum atomic E-state index is 11.5. The molecule has 1 amide bonds. The number of methoxy groups -OCH3 is 1. The van der Waals surface area contributed by atoms with Crippen LogP contribution >= 0.6 is 0 Å². The normalized spacial score (nSPS) is 12.4. The minimum Gasteiger partial charge on any atom is -0.385 e. The summed E-state index contributed by atoms with van der Waals surface area (Å²) in [4.78, 5) is 18.1. The third kappa shape index (κ3) is 4.09. The van der Waals surface area contributed by atoms with Gasteiger partial charge in [-0.3, -0.25) is 10.1 Å². The summed E-state index contributed by atoms with van der Waals surface area (Å²) in [5, 5.41) is 2.58. The summed E-state index contributed by atoms with van der Waals surface area (Å²) in [7, 11) is 1.62. The molecule has 0 bridgehead atoms. The highest BCUT2D eigenvalue weighted by Gasteiger charge is 2.13. The first kappa shape index (κ1) is 11.7. The summed E-state index contributed by atoms with van der Waals surface area (Å²) in [6.07, 6.45) is 4.56. The number of nitrogens with one attached hydrogen (secondary N) is 2. The zero-order chi connectivity index (χ0) is 11.1. The smallest absolute Gasteiger partial charge is 0.243 e. The number of hydrogen-bond acceptors (Lipinski definition) is 4. The Morgan fingerprint density at radius 2 is 2.60 bits per heavy atom. The highest BCUT2D eigenvalue weighted by molar-refractivity contribution is 5.93. The molecule has 0 aliphatic rings. The lowest BCUT2D eigenvalue weighted by molar-refractivity contribution is -0.117. The second kappa shape index (κ2) is 6.15. The molecule has 1 unspecified atom stereocenters. The number of carbonyl (C=O) groups excluding carboxylic acids is 1. The summed E-state index contributed by atoms with van der Waals surface area (Å²) in [6, 6.07) is -0.523. The molecule has 0 aromatic carbocycles. The molecule has 1 atom stereocenters. The van der Waals surface area contributed by atoms with E-state index in [9.17, 15) is 4.79 Å².